The molecule has 2 heterocycles. The van der Waals surface area contributed by atoms with Crippen molar-refractivity contribution < 1.29 is 13.3 Å². The van der Waals surface area contributed by atoms with Gasteiger partial charge >= 0.3 is 0 Å². The van der Waals surface area contributed by atoms with Crippen LogP contribution in [0.1, 0.15) is 37.9 Å². The van der Waals surface area contributed by atoms with Crippen LogP contribution in [-0.2, 0) is 34.2 Å². The molecule has 0 N–H and O–H groups in total. The van der Waals surface area contributed by atoms with Crippen molar-refractivity contribution >= 4 is 9.84 Å². The van der Waals surface area contributed by atoms with Gasteiger partial charge in [-0.3, -0.25) is 4.84 Å². The fraction of sp³-hybridized carbons (Fsp3) is 0.526. The van der Waals surface area contributed by atoms with Crippen LogP contribution in [0.15, 0.2) is 41.7 Å². The van der Waals surface area contributed by atoms with Crippen molar-refractivity contribution in [1.82, 2.24) is 14.6 Å². The zero-order valence-corrected chi connectivity index (χ0v) is 16.3. The molecule has 0 saturated carbocycles. The molecular formula is C19H27N3O3S. The molecule has 6 nitrogen and oxygen atoms in total. The van der Waals surface area contributed by atoms with Crippen molar-refractivity contribution in [1.29, 1.82) is 0 Å². The van der Waals surface area contributed by atoms with Gasteiger partial charge in [-0.05, 0) is 38.7 Å². The van der Waals surface area contributed by atoms with E-state index in [1.807, 2.05) is 27.8 Å². The van der Waals surface area contributed by atoms with Gasteiger partial charge < -0.3 is 4.57 Å². The third-order valence-electron chi connectivity index (χ3n) is 4.66. The highest BCUT2D eigenvalue weighted by Gasteiger charge is 2.27. The summed E-state index contributed by atoms with van der Waals surface area (Å²) in [5.74, 6) is 0. The zero-order chi connectivity index (χ0) is 18.6. The second-order valence-corrected chi connectivity index (χ2v) is 9.31. The molecule has 7 heteroatoms. The summed E-state index contributed by atoms with van der Waals surface area (Å²) >= 11 is 0. The molecule has 1 fully saturated rings. The van der Waals surface area contributed by atoms with Gasteiger partial charge in [-0.1, -0.05) is 30.3 Å². The number of sulfone groups is 1. The molecule has 1 aliphatic heterocycles. The van der Waals surface area contributed by atoms with Gasteiger partial charge in [-0.25, -0.2) is 13.4 Å². The SMILES string of the molecule is CC(C)S(=O)(=O)c1ncc(CN2CCCCO2)n1CCc1ccccc1. The van der Waals surface area contributed by atoms with Crippen molar-refractivity contribution in [3.05, 3.63) is 47.8 Å². The van der Waals surface area contributed by atoms with Gasteiger partial charge in [0.25, 0.3) is 0 Å². The Balaban J connectivity index is 1.87. The molecule has 142 valence electrons. The molecular weight excluding hydrogens is 350 g/mol. The average molecular weight is 378 g/mol. The largest absolute Gasteiger partial charge is 0.317 e. The third-order valence-corrected chi connectivity index (χ3v) is 6.73. The number of nitrogens with zero attached hydrogens (tertiary/aromatic N) is 3. The van der Waals surface area contributed by atoms with Crippen molar-refractivity contribution in [2.24, 2.45) is 0 Å². The first-order chi connectivity index (χ1) is 12.5. The van der Waals surface area contributed by atoms with Crippen LogP contribution in [0, 0.1) is 0 Å². The number of hydroxylamine groups is 2. The van der Waals surface area contributed by atoms with Crippen LogP contribution in [0.4, 0.5) is 0 Å². The molecule has 0 amide bonds. The van der Waals surface area contributed by atoms with Crippen molar-refractivity contribution in [3.8, 4) is 0 Å². The Morgan fingerprint density at radius 1 is 1.19 bits per heavy atom. The summed E-state index contributed by atoms with van der Waals surface area (Å²) < 4.78 is 27.3. The van der Waals surface area contributed by atoms with Crippen molar-refractivity contribution in [3.63, 3.8) is 0 Å². The number of benzene rings is 1. The Labute approximate surface area is 155 Å². The van der Waals surface area contributed by atoms with E-state index >= 15 is 0 Å². The molecule has 0 aliphatic carbocycles. The lowest BCUT2D eigenvalue weighted by Crippen LogP contribution is -2.31. The summed E-state index contributed by atoms with van der Waals surface area (Å²) in [6.07, 6.45) is 4.59. The third kappa shape index (κ3) is 4.34. The van der Waals surface area contributed by atoms with E-state index in [4.69, 9.17) is 4.84 Å². The van der Waals surface area contributed by atoms with E-state index in [1.54, 1.807) is 20.0 Å². The molecule has 2 aromatic rings. The normalized spacial score (nSPS) is 16.3. The summed E-state index contributed by atoms with van der Waals surface area (Å²) in [6.45, 7) is 6.09. The molecule has 1 aromatic heterocycles. The van der Waals surface area contributed by atoms with Crippen molar-refractivity contribution in [2.45, 2.75) is 56.6 Å². The quantitative estimate of drug-likeness (QED) is 0.742. The minimum Gasteiger partial charge on any atom is -0.317 e. The minimum atomic E-state index is -3.44. The summed E-state index contributed by atoms with van der Waals surface area (Å²) in [5.41, 5.74) is 2.05. The van der Waals surface area contributed by atoms with E-state index < -0.39 is 15.1 Å². The molecule has 26 heavy (non-hydrogen) atoms. The lowest BCUT2D eigenvalue weighted by Gasteiger charge is -2.26. The van der Waals surface area contributed by atoms with Crippen LogP contribution in [0.25, 0.3) is 0 Å². The number of aryl methyl sites for hydroxylation is 1. The Kier molecular flexibility index (Phi) is 6.11. The highest BCUT2D eigenvalue weighted by molar-refractivity contribution is 7.91. The molecule has 3 rings (SSSR count). The van der Waals surface area contributed by atoms with E-state index in [0.29, 0.717) is 13.1 Å². The molecule has 1 aliphatic rings. The molecule has 1 saturated heterocycles. The van der Waals surface area contributed by atoms with E-state index in [1.165, 1.54) is 5.56 Å². The van der Waals surface area contributed by atoms with Crippen molar-refractivity contribution in [2.75, 3.05) is 13.2 Å². The maximum Gasteiger partial charge on any atom is 0.228 e. The smallest absolute Gasteiger partial charge is 0.228 e. The summed E-state index contributed by atoms with van der Waals surface area (Å²) in [7, 11) is -3.44. The van der Waals surface area contributed by atoms with Crippen LogP contribution >= 0.6 is 0 Å². The first kappa shape index (κ1) is 19.1. The van der Waals surface area contributed by atoms with Gasteiger partial charge in [0.2, 0.25) is 15.0 Å². The molecule has 0 atom stereocenters. The number of imidazole rings is 1. The van der Waals surface area contributed by atoms with Crippen LogP contribution in [0.3, 0.4) is 0 Å². The number of rotatable bonds is 7. The number of hydrogen-bond acceptors (Lipinski definition) is 5. The fourth-order valence-corrected chi connectivity index (χ4v) is 4.17. The van der Waals surface area contributed by atoms with Gasteiger partial charge in [0.05, 0.1) is 30.3 Å². The van der Waals surface area contributed by atoms with Gasteiger partial charge in [-0.2, -0.15) is 5.06 Å². The first-order valence-electron chi connectivity index (χ1n) is 9.18. The predicted molar refractivity (Wildman–Crippen MR) is 100 cm³/mol. The average Bonchev–Trinajstić information content (AvgIpc) is 3.05. The second-order valence-electron chi connectivity index (χ2n) is 6.92. The van der Waals surface area contributed by atoms with E-state index in [-0.39, 0.29) is 5.16 Å². The lowest BCUT2D eigenvalue weighted by molar-refractivity contribution is -0.188. The number of hydrogen-bond donors (Lipinski definition) is 0. The summed E-state index contributed by atoms with van der Waals surface area (Å²) in [4.78, 5) is 9.96. The highest BCUT2D eigenvalue weighted by atomic mass is 32.2. The van der Waals surface area contributed by atoms with Crippen LogP contribution in [0.5, 0.6) is 0 Å². The standard InChI is InChI=1S/C19H27N3O3S/c1-16(2)26(23,24)19-20-14-18(15-21-11-6-7-13-25-21)22(19)12-10-17-8-4-3-5-9-17/h3-5,8-9,14,16H,6-7,10-13,15H2,1-2H3. The molecule has 0 radical (unpaired) electrons. The van der Waals surface area contributed by atoms with Gasteiger partial charge in [0.15, 0.2) is 0 Å². The lowest BCUT2D eigenvalue weighted by atomic mass is 10.1. The zero-order valence-electron chi connectivity index (χ0n) is 15.5. The Morgan fingerprint density at radius 3 is 2.62 bits per heavy atom. The monoisotopic (exact) mass is 377 g/mol. The Morgan fingerprint density at radius 2 is 1.96 bits per heavy atom. The highest BCUT2D eigenvalue weighted by Crippen LogP contribution is 2.20. The first-order valence-corrected chi connectivity index (χ1v) is 10.7. The topological polar surface area (TPSA) is 64.4 Å². The molecule has 0 bridgehead atoms. The Hall–Kier alpha value is -1.70. The predicted octanol–water partition coefficient (Wildman–Crippen LogP) is 2.84. The molecule has 1 aromatic carbocycles. The minimum absolute atomic E-state index is 0.162. The van der Waals surface area contributed by atoms with E-state index in [0.717, 1.165) is 38.1 Å². The van der Waals surface area contributed by atoms with Gasteiger partial charge in [-0.15, -0.1) is 0 Å². The fourth-order valence-electron chi connectivity index (χ4n) is 3.03. The second kappa shape index (κ2) is 8.33. The van der Waals surface area contributed by atoms with Gasteiger partial charge in [0.1, 0.15) is 0 Å². The van der Waals surface area contributed by atoms with Crippen LogP contribution in [0.2, 0.25) is 0 Å². The van der Waals surface area contributed by atoms with E-state index in [9.17, 15) is 8.42 Å². The molecule has 0 spiro atoms. The van der Waals surface area contributed by atoms with E-state index in [2.05, 4.69) is 17.1 Å². The summed E-state index contributed by atoms with van der Waals surface area (Å²) in [5, 5.41) is 1.57. The maximum absolute atomic E-state index is 12.7. The van der Waals surface area contributed by atoms with Crippen LogP contribution < -0.4 is 0 Å². The summed E-state index contributed by atoms with van der Waals surface area (Å²) in [6, 6.07) is 10.1. The van der Waals surface area contributed by atoms with Gasteiger partial charge in [0, 0.05) is 13.1 Å². The number of aromatic nitrogens is 2. The Bertz CT molecular complexity index is 810. The maximum atomic E-state index is 12.7. The van der Waals surface area contributed by atoms with Crippen LogP contribution in [-0.4, -0.2) is 41.4 Å². The molecule has 0 unspecified atom stereocenters.